The molecule has 0 aliphatic carbocycles. The fourth-order valence-corrected chi connectivity index (χ4v) is 0.370. The van der Waals surface area contributed by atoms with E-state index < -0.39 is 0 Å². The van der Waals surface area contributed by atoms with Crippen LogP contribution in [0.2, 0.25) is 0 Å². The first-order chi connectivity index (χ1) is 4.16. The van der Waals surface area contributed by atoms with E-state index in [9.17, 15) is 0 Å². The normalized spacial score (nSPS) is 11.3. The highest BCUT2D eigenvalue weighted by Crippen LogP contribution is 1.97. The van der Waals surface area contributed by atoms with Crippen LogP contribution in [0.1, 0.15) is 28.2 Å². The van der Waals surface area contributed by atoms with Crippen molar-refractivity contribution in [2.24, 2.45) is 0 Å². The number of rotatable bonds is 2. The van der Waals surface area contributed by atoms with Crippen molar-refractivity contribution in [3.05, 3.63) is 36.0 Å². The lowest BCUT2D eigenvalue weighted by Gasteiger charge is -1.86. The molecule has 0 aromatic rings. The van der Waals surface area contributed by atoms with Crippen molar-refractivity contribution in [1.82, 2.24) is 0 Å². The fourth-order valence-electron chi connectivity index (χ4n) is 0.370. The number of hydrogen-bond acceptors (Lipinski definition) is 0. The monoisotopic (exact) mass is 138 g/mol. The molecule has 0 heteroatoms. The van der Waals surface area contributed by atoms with Gasteiger partial charge in [0.15, 0.2) is 0 Å². The van der Waals surface area contributed by atoms with Gasteiger partial charge in [0.25, 0.3) is 0 Å². The molecule has 0 aliphatic rings. The van der Waals surface area contributed by atoms with Crippen LogP contribution >= 0.6 is 0 Å². The van der Waals surface area contributed by atoms with Gasteiger partial charge >= 0.3 is 0 Å². The molecule has 0 aromatic heterocycles. The zero-order valence-corrected chi connectivity index (χ0v) is 6.44. The maximum absolute atomic E-state index is 3.75. The average Bonchev–Trinajstić information content (AvgIpc) is 1.83. The Morgan fingerprint density at radius 2 is 1.70 bits per heavy atom. The van der Waals surface area contributed by atoms with E-state index >= 15 is 0 Å². The molecule has 10 heavy (non-hydrogen) atoms. The lowest BCUT2D eigenvalue weighted by Crippen LogP contribution is -1.65. The second kappa shape index (κ2) is 6.34. The lowest BCUT2D eigenvalue weighted by molar-refractivity contribution is 1.45. The first-order valence-electron chi connectivity index (χ1n) is 3.13. The summed E-state index contributed by atoms with van der Waals surface area (Å²) in [5.74, 6) is 0. The smallest absolute Gasteiger partial charge is 0.0401 e. The van der Waals surface area contributed by atoms with Crippen molar-refractivity contribution in [2.45, 2.75) is 28.2 Å². The molecule has 0 aromatic carbocycles. The summed E-state index contributed by atoms with van der Waals surface area (Å²) in [7, 11) is 0. The van der Waals surface area contributed by atoms with Crippen molar-refractivity contribution in [3.8, 4) is 0 Å². The zero-order valence-electron chi connectivity index (χ0n) is 6.44. The summed E-state index contributed by atoms with van der Waals surface area (Å²) >= 11 is 0. The van der Waals surface area contributed by atoms with Crippen LogP contribution in [0.15, 0.2) is 36.0 Å². The van der Waals surface area contributed by atoms with Crippen LogP contribution < -0.4 is 0 Å². The molecular formula is C10H18. The summed E-state index contributed by atoms with van der Waals surface area (Å²) in [6, 6.07) is 0. The zero-order chi connectivity index (χ0) is 7.28. The lowest BCUT2D eigenvalue weighted by atomic mass is 10.2. The van der Waals surface area contributed by atoms with Crippen LogP contribution in [0.4, 0.5) is 0 Å². The Labute approximate surface area is 65.0 Å². The Morgan fingerprint density at radius 3 is 2.00 bits per heavy atom. The van der Waals surface area contributed by atoms with Gasteiger partial charge in [0.2, 0.25) is 0 Å². The van der Waals surface area contributed by atoms with Gasteiger partial charge in [-0.25, -0.2) is 0 Å². The van der Waals surface area contributed by atoms with E-state index in [0.717, 1.165) is 5.57 Å². The molecule has 0 rings (SSSR count). The summed E-state index contributed by atoms with van der Waals surface area (Å²) in [4.78, 5) is 0. The predicted molar refractivity (Wildman–Crippen MR) is 50.1 cm³/mol. The minimum absolute atomic E-state index is 0. The van der Waals surface area contributed by atoms with E-state index in [1.807, 2.05) is 19.9 Å². The Hall–Kier alpha value is -0.780. The Kier molecular flexibility index (Phi) is 7.58. The Bertz CT molecular complexity index is 147. The summed E-state index contributed by atoms with van der Waals surface area (Å²) in [5, 5.41) is 0. The van der Waals surface area contributed by atoms with Gasteiger partial charge in [-0.3, -0.25) is 0 Å². The topological polar surface area (TPSA) is 0 Å². The van der Waals surface area contributed by atoms with Gasteiger partial charge in [-0.2, -0.15) is 0 Å². The first kappa shape index (κ1) is 12.0. The van der Waals surface area contributed by atoms with Gasteiger partial charge in [0.1, 0.15) is 0 Å². The van der Waals surface area contributed by atoms with Crippen LogP contribution in [-0.4, -0.2) is 0 Å². The maximum atomic E-state index is 3.75. The third-order valence-electron chi connectivity index (χ3n) is 1.09. The number of allylic oxidation sites excluding steroid dienone is 5. The molecule has 0 N–H and O–H groups in total. The Balaban J connectivity index is 0. The van der Waals surface area contributed by atoms with Crippen molar-refractivity contribution in [2.75, 3.05) is 0 Å². The van der Waals surface area contributed by atoms with Crippen LogP contribution in [0, 0.1) is 0 Å². The van der Waals surface area contributed by atoms with Gasteiger partial charge in [-0.1, -0.05) is 43.4 Å². The average molecular weight is 138 g/mol. The van der Waals surface area contributed by atoms with Crippen LogP contribution in [0.3, 0.4) is 0 Å². The third kappa shape index (κ3) is 7.22. The molecule has 0 spiro atoms. The summed E-state index contributed by atoms with van der Waals surface area (Å²) in [6.07, 6.45) is 6.14. The molecule has 0 saturated carbocycles. The molecule has 0 fully saturated rings. The van der Waals surface area contributed by atoms with E-state index in [1.54, 1.807) is 0 Å². The van der Waals surface area contributed by atoms with Gasteiger partial charge < -0.3 is 0 Å². The fraction of sp³-hybridized carbons (Fsp3) is 0.400. The van der Waals surface area contributed by atoms with Crippen molar-refractivity contribution in [1.29, 1.82) is 0 Å². The second-order valence-electron chi connectivity index (χ2n) is 2.21. The van der Waals surface area contributed by atoms with Crippen LogP contribution in [-0.2, 0) is 0 Å². The molecule has 0 amide bonds. The molecule has 0 nitrogen and oxygen atoms in total. The molecule has 0 atom stereocenters. The molecule has 0 aliphatic heterocycles. The van der Waals surface area contributed by atoms with Crippen molar-refractivity contribution in [3.63, 3.8) is 0 Å². The van der Waals surface area contributed by atoms with Crippen LogP contribution in [0.25, 0.3) is 0 Å². The van der Waals surface area contributed by atoms with E-state index in [0.29, 0.717) is 0 Å². The third-order valence-corrected chi connectivity index (χ3v) is 1.09. The Morgan fingerprint density at radius 1 is 1.20 bits per heavy atom. The molecule has 0 unspecified atom stereocenters. The van der Waals surface area contributed by atoms with Crippen molar-refractivity contribution >= 4 is 0 Å². The van der Waals surface area contributed by atoms with Gasteiger partial charge in [-0.15, -0.1) is 0 Å². The van der Waals surface area contributed by atoms with Gasteiger partial charge in [0, 0.05) is 0 Å². The molecule has 0 heterocycles. The molecular weight excluding hydrogens is 120 g/mol. The quantitative estimate of drug-likeness (QED) is 0.510. The molecule has 58 valence electrons. The standard InChI is InChI=1S/C9H14.CH4/c1-5-9(4)7-6-8(2)3;/h5-7H,2H2,1,3-4H3;1H4/b7-6-,9-5-;. The van der Waals surface area contributed by atoms with E-state index in [2.05, 4.69) is 25.7 Å². The summed E-state index contributed by atoms with van der Waals surface area (Å²) in [6.45, 7) is 9.83. The number of hydrogen-bond donors (Lipinski definition) is 0. The summed E-state index contributed by atoms with van der Waals surface area (Å²) in [5.41, 5.74) is 2.37. The SMILES string of the molecule is C.C=C(C)/C=C\C(C)=C/C. The molecule has 0 bridgehead atoms. The van der Waals surface area contributed by atoms with E-state index in [1.165, 1.54) is 5.57 Å². The highest BCUT2D eigenvalue weighted by Gasteiger charge is 1.75. The summed E-state index contributed by atoms with van der Waals surface area (Å²) < 4.78 is 0. The highest BCUT2D eigenvalue weighted by molar-refractivity contribution is 5.22. The van der Waals surface area contributed by atoms with Gasteiger partial charge in [-0.05, 0) is 20.8 Å². The van der Waals surface area contributed by atoms with E-state index in [-0.39, 0.29) is 7.43 Å². The highest BCUT2D eigenvalue weighted by atomic mass is 13.8. The minimum Gasteiger partial charge on any atom is -0.0961 e. The maximum Gasteiger partial charge on any atom is -0.0401 e. The first-order valence-corrected chi connectivity index (χ1v) is 3.13. The predicted octanol–water partition coefficient (Wildman–Crippen LogP) is 3.72. The van der Waals surface area contributed by atoms with E-state index in [4.69, 9.17) is 0 Å². The minimum atomic E-state index is 0. The molecule has 0 saturated heterocycles. The largest absolute Gasteiger partial charge is 0.0961 e. The van der Waals surface area contributed by atoms with Gasteiger partial charge in [0.05, 0.1) is 0 Å². The van der Waals surface area contributed by atoms with Crippen molar-refractivity contribution < 1.29 is 0 Å². The second-order valence-corrected chi connectivity index (χ2v) is 2.21. The molecule has 0 radical (unpaired) electrons. The van der Waals surface area contributed by atoms with Crippen LogP contribution in [0.5, 0.6) is 0 Å².